The van der Waals surface area contributed by atoms with E-state index in [1.807, 2.05) is 0 Å². The molecule has 0 aliphatic carbocycles. The van der Waals surface area contributed by atoms with Crippen LogP contribution in [0.25, 0.3) is 28.2 Å². The number of aromatic nitrogens is 7. The standard InChI is InChI=1S/C16H12F2N8/c1-8-2-3-12(14(18)13(8)17)26-16(23-24-25-26)11-4-9(5-20-15(11)19)10-6-21-22-7-10/h2-7H,1H3,(H2,19,20)(H,21,22). The number of hydrogen-bond acceptors (Lipinski definition) is 6. The van der Waals surface area contributed by atoms with Crippen molar-refractivity contribution in [3.05, 3.63) is 54.0 Å². The summed E-state index contributed by atoms with van der Waals surface area (Å²) in [5.41, 5.74) is 7.90. The summed E-state index contributed by atoms with van der Waals surface area (Å²) in [7, 11) is 0. The normalized spacial score (nSPS) is 11.0. The molecule has 0 aliphatic rings. The van der Waals surface area contributed by atoms with Crippen LogP contribution in [0.3, 0.4) is 0 Å². The van der Waals surface area contributed by atoms with Crippen LogP contribution in [-0.4, -0.2) is 35.4 Å². The van der Waals surface area contributed by atoms with Crippen molar-refractivity contribution >= 4 is 5.82 Å². The van der Waals surface area contributed by atoms with E-state index < -0.39 is 11.6 Å². The Labute approximate surface area is 145 Å². The minimum atomic E-state index is -1.05. The molecule has 0 spiro atoms. The van der Waals surface area contributed by atoms with Gasteiger partial charge in [0.15, 0.2) is 17.5 Å². The number of halogens is 2. The summed E-state index contributed by atoms with van der Waals surface area (Å²) < 4.78 is 29.4. The Morgan fingerprint density at radius 3 is 2.73 bits per heavy atom. The van der Waals surface area contributed by atoms with Crippen molar-refractivity contribution < 1.29 is 8.78 Å². The van der Waals surface area contributed by atoms with Crippen LogP contribution in [0.4, 0.5) is 14.6 Å². The average Bonchev–Trinajstić information content (AvgIpc) is 3.32. The molecule has 0 atom stereocenters. The van der Waals surface area contributed by atoms with Crippen LogP contribution in [0, 0.1) is 18.6 Å². The first-order chi connectivity index (χ1) is 12.6. The Balaban J connectivity index is 1.88. The van der Waals surface area contributed by atoms with Crippen molar-refractivity contribution in [1.29, 1.82) is 0 Å². The third kappa shape index (κ3) is 2.48. The van der Waals surface area contributed by atoms with Gasteiger partial charge in [-0.1, -0.05) is 6.07 Å². The molecule has 26 heavy (non-hydrogen) atoms. The van der Waals surface area contributed by atoms with Crippen LogP contribution in [0.1, 0.15) is 5.56 Å². The van der Waals surface area contributed by atoms with Gasteiger partial charge in [0, 0.05) is 23.5 Å². The van der Waals surface area contributed by atoms with Crippen molar-refractivity contribution in [1.82, 2.24) is 35.4 Å². The molecule has 8 nitrogen and oxygen atoms in total. The van der Waals surface area contributed by atoms with Gasteiger partial charge in [0.25, 0.3) is 0 Å². The lowest BCUT2D eigenvalue weighted by Crippen LogP contribution is -2.07. The van der Waals surface area contributed by atoms with Crippen LogP contribution in [-0.2, 0) is 0 Å². The van der Waals surface area contributed by atoms with Gasteiger partial charge in [0.1, 0.15) is 11.5 Å². The van der Waals surface area contributed by atoms with E-state index in [0.29, 0.717) is 11.1 Å². The fourth-order valence-corrected chi connectivity index (χ4v) is 2.54. The monoisotopic (exact) mass is 354 g/mol. The average molecular weight is 354 g/mol. The van der Waals surface area contributed by atoms with E-state index in [4.69, 9.17) is 5.73 Å². The largest absolute Gasteiger partial charge is 0.383 e. The summed E-state index contributed by atoms with van der Waals surface area (Å²) in [4.78, 5) is 4.14. The molecular formula is C16H12F2N8. The molecule has 4 aromatic rings. The fourth-order valence-electron chi connectivity index (χ4n) is 2.54. The highest BCUT2D eigenvalue weighted by Gasteiger charge is 2.20. The third-order valence-corrected chi connectivity index (χ3v) is 3.94. The predicted octanol–water partition coefficient (Wildman–Crippen LogP) is 2.28. The second-order valence-corrected chi connectivity index (χ2v) is 5.59. The van der Waals surface area contributed by atoms with Gasteiger partial charge in [0.05, 0.1) is 11.8 Å². The molecule has 10 heteroatoms. The minimum absolute atomic E-state index is 0.124. The van der Waals surface area contributed by atoms with Crippen LogP contribution in [0.15, 0.2) is 36.8 Å². The van der Waals surface area contributed by atoms with Gasteiger partial charge in [-0.05, 0) is 35.0 Å². The highest BCUT2D eigenvalue weighted by molar-refractivity contribution is 5.76. The zero-order valence-electron chi connectivity index (χ0n) is 13.5. The van der Waals surface area contributed by atoms with Gasteiger partial charge < -0.3 is 5.73 Å². The molecule has 0 radical (unpaired) electrons. The molecule has 0 saturated heterocycles. The molecular weight excluding hydrogens is 342 g/mol. The Kier molecular flexibility index (Phi) is 3.64. The van der Waals surface area contributed by atoms with E-state index in [0.717, 1.165) is 10.2 Å². The van der Waals surface area contributed by atoms with E-state index >= 15 is 0 Å². The maximum Gasteiger partial charge on any atom is 0.190 e. The number of nitrogens with zero attached hydrogens (tertiary/aromatic N) is 6. The van der Waals surface area contributed by atoms with Crippen molar-refractivity contribution in [3.8, 4) is 28.2 Å². The molecule has 3 aromatic heterocycles. The Morgan fingerprint density at radius 1 is 1.12 bits per heavy atom. The molecule has 0 aliphatic heterocycles. The molecule has 130 valence electrons. The second kappa shape index (κ2) is 5.99. The molecule has 4 rings (SSSR count). The highest BCUT2D eigenvalue weighted by atomic mass is 19.2. The number of tetrazole rings is 1. The van der Waals surface area contributed by atoms with E-state index in [-0.39, 0.29) is 22.9 Å². The number of nitrogen functional groups attached to an aromatic ring is 1. The van der Waals surface area contributed by atoms with Crippen LogP contribution in [0.5, 0.6) is 0 Å². The molecule has 0 fully saturated rings. The summed E-state index contributed by atoms with van der Waals surface area (Å²) in [6.45, 7) is 1.47. The van der Waals surface area contributed by atoms with Gasteiger partial charge in [-0.3, -0.25) is 5.10 Å². The molecule has 0 saturated carbocycles. The van der Waals surface area contributed by atoms with Crippen molar-refractivity contribution in [2.24, 2.45) is 0 Å². The number of nitrogens with one attached hydrogen (secondary N) is 1. The van der Waals surface area contributed by atoms with Crippen LogP contribution >= 0.6 is 0 Å². The second-order valence-electron chi connectivity index (χ2n) is 5.59. The summed E-state index contributed by atoms with van der Waals surface area (Å²) in [6.07, 6.45) is 4.88. The Bertz CT molecular complexity index is 1090. The number of rotatable bonds is 3. The quantitative estimate of drug-likeness (QED) is 0.584. The van der Waals surface area contributed by atoms with E-state index in [1.54, 1.807) is 24.7 Å². The van der Waals surface area contributed by atoms with E-state index in [2.05, 4.69) is 30.7 Å². The van der Waals surface area contributed by atoms with Crippen LogP contribution < -0.4 is 5.73 Å². The number of aromatic amines is 1. The number of benzene rings is 1. The molecule has 0 bridgehead atoms. The van der Waals surface area contributed by atoms with Crippen molar-refractivity contribution in [3.63, 3.8) is 0 Å². The first-order valence-electron chi connectivity index (χ1n) is 7.54. The smallest absolute Gasteiger partial charge is 0.190 e. The molecule has 0 unspecified atom stereocenters. The van der Waals surface area contributed by atoms with Gasteiger partial charge in [-0.25, -0.2) is 13.8 Å². The van der Waals surface area contributed by atoms with Crippen LogP contribution in [0.2, 0.25) is 0 Å². The SMILES string of the molecule is Cc1ccc(-n2nnnc2-c2cc(-c3cn[nH]c3)cnc2N)c(F)c1F. The zero-order chi connectivity index (χ0) is 18.3. The number of nitrogens with two attached hydrogens (primary N) is 1. The number of anilines is 1. The lowest BCUT2D eigenvalue weighted by Gasteiger charge is -2.10. The lowest BCUT2D eigenvalue weighted by atomic mass is 10.1. The van der Waals surface area contributed by atoms with E-state index in [1.165, 1.54) is 19.1 Å². The van der Waals surface area contributed by atoms with E-state index in [9.17, 15) is 8.78 Å². The van der Waals surface area contributed by atoms with Gasteiger partial charge in [0.2, 0.25) is 0 Å². The summed E-state index contributed by atoms with van der Waals surface area (Å²) >= 11 is 0. The molecule has 3 heterocycles. The van der Waals surface area contributed by atoms with Crippen molar-refractivity contribution in [2.45, 2.75) is 6.92 Å². The first-order valence-corrected chi connectivity index (χ1v) is 7.54. The number of H-pyrrole nitrogens is 1. The minimum Gasteiger partial charge on any atom is -0.383 e. The summed E-state index contributed by atoms with van der Waals surface area (Å²) in [6, 6.07) is 4.55. The van der Waals surface area contributed by atoms with Gasteiger partial charge in [-0.15, -0.1) is 5.10 Å². The maximum absolute atomic E-state index is 14.4. The number of hydrogen-bond donors (Lipinski definition) is 2. The van der Waals surface area contributed by atoms with Crippen molar-refractivity contribution in [2.75, 3.05) is 5.73 Å². The topological polar surface area (TPSA) is 111 Å². The van der Waals surface area contributed by atoms with Gasteiger partial charge >= 0.3 is 0 Å². The number of aryl methyl sites for hydroxylation is 1. The fraction of sp³-hybridized carbons (Fsp3) is 0.0625. The Morgan fingerprint density at radius 2 is 1.96 bits per heavy atom. The third-order valence-electron chi connectivity index (χ3n) is 3.94. The number of pyridine rings is 1. The Hall–Kier alpha value is -3.69. The van der Waals surface area contributed by atoms with Gasteiger partial charge in [-0.2, -0.15) is 9.78 Å². The first kappa shape index (κ1) is 15.8. The lowest BCUT2D eigenvalue weighted by molar-refractivity contribution is 0.495. The summed E-state index contributed by atoms with van der Waals surface area (Å²) in [5.74, 6) is -1.71. The highest BCUT2D eigenvalue weighted by Crippen LogP contribution is 2.29. The molecule has 3 N–H and O–H groups in total. The zero-order valence-corrected chi connectivity index (χ0v) is 13.5. The summed E-state index contributed by atoms with van der Waals surface area (Å²) in [5, 5.41) is 17.9. The maximum atomic E-state index is 14.4. The molecule has 1 aromatic carbocycles. The molecule has 0 amide bonds. The predicted molar refractivity (Wildman–Crippen MR) is 89.0 cm³/mol.